The monoisotopic (exact) mass is 203 g/mol. The molecule has 1 aromatic rings. The van der Waals surface area contributed by atoms with E-state index in [1.54, 1.807) is 0 Å². The van der Waals surface area contributed by atoms with Gasteiger partial charge < -0.3 is 10.9 Å². The van der Waals surface area contributed by atoms with E-state index in [9.17, 15) is 4.39 Å². The molecule has 2 heterocycles. The lowest BCUT2D eigenvalue weighted by Crippen LogP contribution is -2.12. The first-order valence-electron chi connectivity index (χ1n) is 4.09. The first kappa shape index (κ1) is 10.6. The van der Waals surface area contributed by atoms with Crippen molar-refractivity contribution in [3.63, 3.8) is 0 Å². The maximum Gasteiger partial charge on any atom is 0.179 e. The molecule has 0 bridgehead atoms. The molecule has 1 aliphatic rings. The molecule has 2 rings (SSSR count). The molecule has 4 heteroatoms. The smallest absolute Gasteiger partial charge is 0.179 e. The summed E-state index contributed by atoms with van der Waals surface area (Å²) >= 11 is 1.27. The maximum absolute atomic E-state index is 13.1. The highest BCUT2D eigenvalue weighted by Crippen LogP contribution is 2.36. The van der Waals surface area contributed by atoms with E-state index >= 15 is 0 Å². The van der Waals surface area contributed by atoms with Crippen LogP contribution in [0.5, 0.6) is 0 Å². The van der Waals surface area contributed by atoms with Gasteiger partial charge in [0.25, 0.3) is 0 Å². The summed E-state index contributed by atoms with van der Waals surface area (Å²) in [4.78, 5) is 1.17. The number of thiophene rings is 1. The number of hydrogen-bond acceptors (Lipinski definition) is 3. The molecule has 1 aliphatic heterocycles. The molecule has 1 aromatic heterocycles. The van der Waals surface area contributed by atoms with Crippen molar-refractivity contribution in [1.29, 1.82) is 0 Å². The van der Waals surface area contributed by atoms with Crippen molar-refractivity contribution in [1.82, 2.24) is 6.15 Å². The van der Waals surface area contributed by atoms with Gasteiger partial charge in [0.15, 0.2) is 5.13 Å². The topological polar surface area (TPSA) is 44.2 Å². The highest BCUT2D eigenvalue weighted by Gasteiger charge is 2.23. The van der Waals surface area contributed by atoms with E-state index in [-0.39, 0.29) is 17.4 Å². The van der Waals surface area contributed by atoms with Gasteiger partial charge in [0.2, 0.25) is 0 Å². The average Bonchev–Trinajstić information content (AvgIpc) is 2.29. The summed E-state index contributed by atoms with van der Waals surface area (Å²) in [7, 11) is 0. The highest BCUT2D eigenvalue weighted by molar-refractivity contribution is 7.10. The zero-order valence-corrected chi connectivity index (χ0v) is 8.71. The molecule has 13 heavy (non-hydrogen) atoms. The fourth-order valence-electron chi connectivity index (χ4n) is 1.68. The Balaban J connectivity index is 0.000000845. The van der Waals surface area contributed by atoms with Crippen LogP contribution in [0.4, 0.5) is 4.39 Å². The molecule has 0 aliphatic carbocycles. The number of hydrogen-bond donors (Lipinski definition) is 1. The van der Waals surface area contributed by atoms with Crippen molar-refractivity contribution >= 4 is 11.3 Å². The lowest BCUT2D eigenvalue weighted by Gasteiger charge is -2.20. The van der Waals surface area contributed by atoms with Gasteiger partial charge in [0.05, 0.1) is 12.7 Å². The molecule has 0 fully saturated rings. The minimum Gasteiger partial charge on any atom is -0.373 e. The Labute approximate surface area is 81.3 Å². The standard InChI is InChI=1S/C9H11FOS.H3N/c1-5-8-6(2)11-4-3-7(8)12-9(5)10;/h6H,3-4H2,1-2H3;1H3. The van der Waals surface area contributed by atoms with Crippen molar-refractivity contribution in [3.05, 3.63) is 21.1 Å². The SMILES string of the molecule is Cc1c(F)sc2c1C(C)OCC2.N. The molecule has 0 aromatic carbocycles. The van der Waals surface area contributed by atoms with Gasteiger partial charge in [-0.15, -0.1) is 11.3 Å². The van der Waals surface area contributed by atoms with Gasteiger partial charge in [-0.1, -0.05) is 0 Å². The third-order valence-electron chi connectivity index (χ3n) is 2.32. The first-order valence-corrected chi connectivity index (χ1v) is 4.91. The summed E-state index contributed by atoms with van der Waals surface area (Å²) in [5, 5.41) is -0.0441. The fourth-order valence-corrected chi connectivity index (χ4v) is 2.78. The van der Waals surface area contributed by atoms with Crippen LogP contribution in [0.25, 0.3) is 0 Å². The molecule has 74 valence electrons. The van der Waals surface area contributed by atoms with Gasteiger partial charge in [-0.25, -0.2) is 0 Å². The number of fused-ring (bicyclic) bond motifs is 1. The van der Waals surface area contributed by atoms with E-state index in [0.29, 0.717) is 0 Å². The normalized spacial score (nSPS) is 20.7. The Morgan fingerprint density at radius 1 is 1.54 bits per heavy atom. The summed E-state index contributed by atoms with van der Waals surface area (Å²) in [6, 6.07) is 0. The van der Waals surface area contributed by atoms with Crippen LogP contribution in [0.3, 0.4) is 0 Å². The van der Waals surface area contributed by atoms with E-state index in [2.05, 4.69) is 0 Å². The third-order valence-corrected chi connectivity index (χ3v) is 3.47. The molecule has 0 spiro atoms. The molecule has 1 atom stereocenters. The first-order chi connectivity index (χ1) is 5.70. The van der Waals surface area contributed by atoms with Crippen LogP contribution in [0.2, 0.25) is 0 Å². The van der Waals surface area contributed by atoms with Crippen LogP contribution < -0.4 is 6.15 Å². The quantitative estimate of drug-likeness (QED) is 0.704. The Bertz CT molecular complexity index is 311. The van der Waals surface area contributed by atoms with Crippen LogP contribution in [0.1, 0.15) is 29.0 Å². The number of ether oxygens (including phenoxy) is 1. The summed E-state index contributed by atoms with van der Waals surface area (Å²) in [5.74, 6) is 0. The Kier molecular flexibility index (Phi) is 3.05. The minimum absolute atomic E-state index is 0. The summed E-state index contributed by atoms with van der Waals surface area (Å²) in [6.07, 6.45) is 0.948. The lowest BCUT2D eigenvalue weighted by atomic mass is 10.0. The Morgan fingerprint density at radius 3 is 2.85 bits per heavy atom. The number of halogens is 1. The highest BCUT2D eigenvalue weighted by atomic mass is 32.1. The van der Waals surface area contributed by atoms with Gasteiger partial charge in [-0.2, -0.15) is 4.39 Å². The average molecular weight is 203 g/mol. The predicted molar refractivity (Wildman–Crippen MR) is 52.1 cm³/mol. The van der Waals surface area contributed by atoms with Crippen LogP contribution in [0.15, 0.2) is 0 Å². The lowest BCUT2D eigenvalue weighted by molar-refractivity contribution is 0.0563. The molecular formula is C9H14FNOS. The van der Waals surface area contributed by atoms with Gasteiger partial charge in [0, 0.05) is 22.4 Å². The maximum atomic E-state index is 13.1. The minimum atomic E-state index is -0.0441. The van der Waals surface area contributed by atoms with Gasteiger partial charge in [-0.3, -0.25) is 0 Å². The van der Waals surface area contributed by atoms with Gasteiger partial charge in [-0.05, 0) is 13.8 Å². The van der Waals surface area contributed by atoms with E-state index in [1.165, 1.54) is 16.2 Å². The van der Waals surface area contributed by atoms with Crippen LogP contribution in [0, 0.1) is 12.1 Å². The molecular weight excluding hydrogens is 189 g/mol. The summed E-state index contributed by atoms with van der Waals surface area (Å²) in [5.41, 5.74) is 1.87. The Hall–Kier alpha value is -0.450. The zero-order chi connectivity index (χ0) is 8.72. The van der Waals surface area contributed by atoms with Crippen molar-refractivity contribution in [3.8, 4) is 0 Å². The molecule has 0 saturated heterocycles. The summed E-state index contributed by atoms with van der Waals surface area (Å²) < 4.78 is 18.6. The molecule has 0 amide bonds. The Morgan fingerprint density at radius 2 is 2.23 bits per heavy atom. The van der Waals surface area contributed by atoms with Crippen molar-refractivity contribution in [2.45, 2.75) is 26.4 Å². The molecule has 1 unspecified atom stereocenters. The van der Waals surface area contributed by atoms with E-state index < -0.39 is 0 Å². The van der Waals surface area contributed by atoms with Crippen molar-refractivity contribution in [2.75, 3.05) is 6.61 Å². The summed E-state index contributed by atoms with van der Waals surface area (Å²) in [6.45, 7) is 4.54. The molecule has 3 N–H and O–H groups in total. The van der Waals surface area contributed by atoms with E-state index in [1.807, 2.05) is 13.8 Å². The van der Waals surface area contributed by atoms with Crippen LogP contribution in [-0.2, 0) is 11.2 Å². The molecule has 2 nitrogen and oxygen atoms in total. The number of rotatable bonds is 0. The second kappa shape index (κ2) is 3.74. The van der Waals surface area contributed by atoms with Crippen molar-refractivity contribution in [2.24, 2.45) is 0 Å². The van der Waals surface area contributed by atoms with Crippen LogP contribution >= 0.6 is 11.3 Å². The zero-order valence-electron chi connectivity index (χ0n) is 7.89. The van der Waals surface area contributed by atoms with Crippen molar-refractivity contribution < 1.29 is 9.13 Å². The van der Waals surface area contributed by atoms with Gasteiger partial charge in [0.1, 0.15) is 0 Å². The molecule has 0 saturated carbocycles. The second-order valence-corrected chi connectivity index (χ2v) is 4.16. The second-order valence-electron chi connectivity index (χ2n) is 3.10. The predicted octanol–water partition coefficient (Wildman–Crippen LogP) is 2.99. The van der Waals surface area contributed by atoms with Gasteiger partial charge >= 0.3 is 0 Å². The largest absolute Gasteiger partial charge is 0.373 e. The van der Waals surface area contributed by atoms with E-state index in [0.717, 1.165) is 24.2 Å². The van der Waals surface area contributed by atoms with Crippen LogP contribution in [-0.4, -0.2) is 6.61 Å². The fraction of sp³-hybridized carbons (Fsp3) is 0.556. The third kappa shape index (κ3) is 1.61. The molecule has 0 radical (unpaired) electrons. The van der Waals surface area contributed by atoms with E-state index in [4.69, 9.17) is 4.74 Å².